The summed E-state index contributed by atoms with van der Waals surface area (Å²) in [6.07, 6.45) is 5.65. The Morgan fingerprint density at radius 3 is 2.55 bits per heavy atom. The average molecular weight is 401 g/mol. The molecule has 0 radical (unpaired) electrons. The Balaban J connectivity index is 1.44. The van der Waals surface area contributed by atoms with Crippen LogP contribution in [-0.4, -0.2) is 42.9 Å². The number of ether oxygens (including phenoxy) is 1. The van der Waals surface area contributed by atoms with E-state index in [9.17, 15) is 0 Å². The number of morpholine rings is 1. The lowest BCUT2D eigenvalue weighted by atomic mass is 9.55. The van der Waals surface area contributed by atoms with Crippen molar-refractivity contribution in [2.45, 2.75) is 78.6 Å². The SMILES string of the molecule is Cc1nc(N2CC(C)OC(C)C2)ccc1NCC12CC(C)CC(C1)C(N)[C@H](C)C2. The van der Waals surface area contributed by atoms with Crippen LogP contribution in [0.15, 0.2) is 12.1 Å². The van der Waals surface area contributed by atoms with Gasteiger partial charge in [-0.25, -0.2) is 4.98 Å². The monoisotopic (exact) mass is 400 g/mol. The van der Waals surface area contributed by atoms with Crippen LogP contribution in [-0.2, 0) is 4.74 Å². The average Bonchev–Trinajstić information content (AvgIpc) is 2.64. The highest BCUT2D eigenvalue weighted by molar-refractivity contribution is 5.54. The van der Waals surface area contributed by atoms with Gasteiger partial charge in [-0.2, -0.15) is 0 Å². The second kappa shape index (κ2) is 8.07. The zero-order valence-corrected chi connectivity index (χ0v) is 18.9. The van der Waals surface area contributed by atoms with E-state index in [2.05, 4.69) is 57.0 Å². The molecule has 2 heterocycles. The molecule has 1 saturated heterocycles. The summed E-state index contributed by atoms with van der Waals surface area (Å²) in [5.74, 6) is 3.16. The third-order valence-corrected chi connectivity index (χ3v) is 7.61. The highest BCUT2D eigenvalue weighted by Crippen LogP contribution is 2.52. The first kappa shape index (κ1) is 20.9. The zero-order chi connectivity index (χ0) is 20.8. The largest absolute Gasteiger partial charge is 0.383 e. The van der Waals surface area contributed by atoms with E-state index in [4.69, 9.17) is 15.5 Å². The summed E-state index contributed by atoms with van der Waals surface area (Å²) in [4.78, 5) is 7.29. The van der Waals surface area contributed by atoms with Crippen molar-refractivity contribution in [2.24, 2.45) is 28.9 Å². The van der Waals surface area contributed by atoms with E-state index < -0.39 is 0 Å². The molecule has 29 heavy (non-hydrogen) atoms. The lowest BCUT2D eigenvalue weighted by Crippen LogP contribution is -2.52. The highest BCUT2D eigenvalue weighted by atomic mass is 16.5. The molecule has 0 amide bonds. The van der Waals surface area contributed by atoms with Gasteiger partial charge in [0.15, 0.2) is 0 Å². The van der Waals surface area contributed by atoms with Gasteiger partial charge in [0, 0.05) is 25.7 Å². The maximum Gasteiger partial charge on any atom is 0.129 e. The molecule has 2 saturated carbocycles. The Morgan fingerprint density at radius 1 is 1.14 bits per heavy atom. The lowest BCUT2D eigenvalue weighted by molar-refractivity contribution is -0.00546. The van der Waals surface area contributed by atoms with Crippen molar-refractivity contribution in [3.8, 4) is 0 Å². The van der Waals surface area contributed by atoms with Gasteiger partial charge in [-0.3, -0.25) is 0 Å². The molecule has 2 aliphatic carbocycles. The fraction of sp³-hybridized carbons (Fsp3) is 0.792. The van der Waals surface area contributed by atoms with Gasteiger partial charge in [0.2, 0.25) is 0 Å². The Morgan fingerprint density at radius 2 is 1.86 bits per heavy atom. The van der Waals surface area contributed by atoms with Crippen molar-refractivity contribution in [1.29, 1.82) is 0 Å². The fourth-order valence-electron chi connectivity index (χ4n) is 6.58. The second-order valence-electron chi connectivity index (χ2n) is 10.6. The number of hydrogen-bond acceptors (Lipinski definition) is 5. The minimum atomic E-state index is 0.249. The molecule has 162 valence electrons. The van der Waals surface area contributed by atoms with Gasteiger partial charge in [0.25, 0.3) is 0 Å². The quantitative estimate of drug-likeness (QED) is 0.793. The molecule has 0 aromatic carbocycles. The number of aromatic nitrogens is 1. The first-order valence-electron chi connectivity index (χ1n) is 11.6. The number of aryl methyl sites for hydroxylation is 1. The predicted octanol–water partition coefficient (Wildman–Crippen LogP) is 4.21. The molecule has 3 N–H and O–H groups in total. The topological polar surface area (TPSA) is 63.4 Å². The molecular weight excluding hydrogens is 360 g/mol. The van der Waals surface area contributed by atoms with E-state index in [-0.39, 0.29) is 12.2 Å². The van der Waals surface area contributed by atoms with Crippen LogP contribution < -0.4 is 16.0 Å². The van der Waals surface area contributed by atoms with Crippen molar-refractivity contribution >= 4 is 11.5 Å². The second-order valence-corrected chi connectivity index (χ2v) is 10.6. The lowest BCUT2D eigenvalue weighted by Gasteiger charge is -2.53. The number of nitrogens with two attached hydrogens (primary N) is 1. The Hall–Kier alpha value is -1.33. The molecule has 7 atom stereocenters. The molecule has 3 fully saturated rings. The highest BCUT2D eigenvalue weighted by Gasteiger charge is 2.47. The number of pyridine rings is 1. The summed E-state index contributed by atoms with van der Waals surface area (Å²) in [6, 6.07) is 4.77. The molecule has 5 nitrogen and oxygen atoms in total. The van der Waals surface area contributed by atoms with Crippen LogP contribution in [0.25, 0.3) is 0 Å². The molecule has 4 rings (SSSR count). The Kier molecular flexibility index (Phi) is 5.82. The molecule has 6 unspecified atom stereocenters. The maximum absolute atomic E-state index is 6.54. The molecule has 0 spiro atoms. The van der Waals surface area contributed by atoms with Gasteiger partial charge in [-0.15, -0.1) is 0 Å². The van der Waals surface area contributed by atoms with Crippen molar-refractivity contribution in [2.75, 3.05) is 29.9 Å². The van der Waals surface area contributed by atoms with Crippen LogP contribution in [0.1, 0.15) is 59.1 Å². The molecule has 1 aliphatic heterocycles. The minimum Gasteiger partial charge on any atom is -0.383 e. The normalized spacial score (nSPS) is 40.0. The first-order valence-corrected chi connectivity index (χ1v) is 11.6. The van der Waals surface area contributed by atoms with Crippen molar-refractivity contribution in [1.82, 2.24) is 4.98 Å². The molecule has 2 bridgehead atoms. The zero-order valence-electron chi connectivity index (χ0n) is 18.9. The molecule has 1 aromatic heterocycles. The molecule has 1 aromatic rings. The van der Waals surface area contributed by atoms with E-state index >= 15 is 0 Å². The first-order chi connectivity index (χ1) is 13.7. The number of nitrogens with zero attached hydrogens (tertiary/aromatic N) is 2. The summed E-state index contributed by atoms with van der Waals surface area (Å²) < 4.78 is 5.87. The van der Waals surface area contributed by atoms with E-state index in [0.29, 0.717) is 23.3 Å². The van der Waals surface area contributed by atoms with Gasteiger partial charge in [-0.05, 0) is 81.8 Å². The molecular formula is C24H40N4O. The van der Waals surface area contributed by atoms with Crippen LogP contribution in [0, 0.1) is 30.1 Å². The minimum absolute atomic E-state index is 0.249. The van der Waals surface area contributed by atoms with Crippen molar-refractivity contribution in [3.05, 3.63) is 17.8 Å². The fourth-order valence-corrected chi connectivity index (χ4v) is 6.58. The third-order valence-electron chi connectivity index (χ3n) is 7.61. The van der Waals surface area contributed by atoms with Crippen molar-refractivity contribution < 1.29 is 4.74 Å². The van der Waals surface area contributed by atoms with Gasteiger partial charge in [0.05, 0.1) is 23.6 Å². The number of nitrogens with one attached hydrogen (secondary N) is 1. The van der Waals surface area contributed by atoms with Gasteiger partial charge < -0.3 is 20.7 Å². The van der Waals surface area contributed by atoms with Crippen molar-refractivity contribution in [3.63, 3.8) is 0 Å². The molecule has 3 aliphatic rings. The Labute approximate surface area is 176 Å². The van der Waals surface area contributed by atoms with E-state index in [1.54, 1.807) is 0 Å². The summed E-state index contributed by atoms with van der Waals surface area (Å²) in [7, 11) is 0. The third kappa shape index (κ3) is 4.41. The summed E-state index contributed by atoms with van der Waals surface area (Å²) in [6.45, 7) is 14.0. The van der Waals surface area contributed by atoms with Gasteiger partial charge >= 0.3 is 0 Å². The molecule has 5 heteroatoms. The van der Waals surface area contributed by atoms with E-state index in [1.165, 1.54) is 31.4 Å². The number of fused-ring (bicyclic) bond motifs is 2. The van der Waals surface area contributed by atoms with Crippen LogP contribution >= 0.6 is 0 Å². The number of rotatable bonds is 4. The van der Waals surface area contributed by atoms with E-state index in [0.717, 1.165) is 37.1 Å². The smallest absolute Gasteiger partial charge is 0.129 e. The van der Waals surface area contributed by atoms with E-state index in [1.807, 2.05) is 0 Å². The van der Waals surface area contributed by atoms with Gasteiger partial charge in [0.1, 0.15) is 5.82 Å². The predicted molar refractivity (Wildman–Crippen MR) is 120 cm³/mol. The maximum atomic E-state index is 6.54. The van der Waals surface area contributed by atoms with Gasteiger partial charge in [-0.1, -0.05) is 13.8 Å². The Bertz CT molecular complexity index is 711. The van der Waals surface area contributed by atoms with Crippen LogP contribution in [0.3, 0.4) is 0 Å². The standard InChI is InChI=1S/C24H40N4O/c1-15-8-20-11-24(9-15,10-16(2)23(20)25)14-26-21-6-7-22(27-19(21)5)28-12-17(3)29-18(4)13-28/h6-7,15-18,20,23,26H,8-14,25H2,1-5H3/t15?,16-,17?,18?,20?,23?,24?/m1/s1. The summed E-state index contributed by atoms with van der Waals surface area (Å²) >= 11 is 0. The number of anilines is 2. The van der Waals surface area contributed by atoms with Crippen LogP contribution in [0.4, 0.5) is 11.5 Å². The van der Waals surface area contributed by atoms with Crippen LogP contribution in [0.2, 0.25) is 0 Å². The number of hydrogen-bond donors (Lipinski definition) is 2. The summed E-state index contributed by atoms with van der Waals surface area (Å²) in [5.41, 5.74) is 9.20. The summed E-state index contributed by atoms with van der Waals surface area (Å²) in [5, 5.41) is 3.79. The van der Waals surface area contributed by atoms with Crippen LogP contribution in [0.5, 0.6) is 0 Å².